The maximum Gasteiger partial charge on any atom is 0.235 e. The van der Waals surface area contributed by atoms with E-state index in [9.17, 15) is 0 Å². The number of aromatic nitrogens is 4. The summed E-state index contributed by atoms with van der Waals surface area (Å²) in [6, 6.07) is 25.4. The lowest BCUT2D eigenvalue weighted by Gasteiger charge is -2.07. The van der Waals surface area contributed by atoms with Gasteiger partial charge in [0.2, 0.25) is 10.8 Å². The first-order valence-electron chi connectivity index (χ1n) is 9.92. The third kappa shape index (κ3) is 3.41. The van der Waals surface area contributed by atoms with Crippen LogP contribution in [-0.4, -0.2) is 19.8 Å². The molecule has 3 aromatic carbocycles. The molecule has 0 aliphatic rings. The first-order chi connectivity index (χ1) is 15.7. The van der Waals surface area contributed by atoms with Gasteiger partial charge in [-0.05, 0) is 47.9 Å². The van der Waals surface area contributed by atoms with Gasteiger partial charge in [0.15, 0.2) is 10.8 Å². The Kier molecular flexibility index (Phi) is 4.63. The Morgan fingerprint density at radius 3 is 2.59 bits per heavy atom. The SMILES string of the molecule is Clc1ccc(-c2ccc(-c3nnc4sc(COc5cccc6ccccc56)nn34)o2)cc1. The van der Waals surface area contributed by atoms with Crippen LogP contribution in [0.4, 0.5) is 0 Å². The summed E-state index contributed by atoms with van der Waals surface area (Å²) >= 11 is 7.42. The molecule has 0 bridgehead atoms. The molecule has 6 rings (SSSR count). The fourth-order valence-electron chi connectivity index (χ4n) is 3.56. The Balaban J connectivity index is 1.27. The number of ether oxygens (including phenoxy) is 1. The van der Waals surface area contributed by atoms with Gasteiger partial charge >= 0.3 is 0 Å². The van der Waals surface area contributed by atoms with E-state index in [1.54, 1.807) is 4.52 Å². The summed E-state index contributed by atoms with van der Waals surface area (Å²) < 4.78 is 13.8. The predicted molar refractivity (Wildman–Crippen MR) is 125 cm³/mol. The highest BCUT2D eigenvalue weighted by molar-refractivity contribution is 7.16. The van der Waals surface area contributed by atoms with Crippen LogP contribution in [0.5, 0.6) is 5.75 Å². The fraction of sp³-hybridized carbons (Fsp3) is 0.0417. The van der Waals surface area contributed by atoms with E-state index in [2.05, 4.69) is 33.5 Å². The molecule has 6 nitrogen and oxygen atoms in total. The van der Waals surface area contributed by atoms with E-state index in [1.165, 1.54) is 11.3 Å². The quantitative estimate of drug-likeness (QED) is 0.295. The summed E-state index contributed by atoms with van der Waals surface area (Å²) in [4.78, 5) is 0.681. The van der Waals surface area contributed by atoms with Crippen LogP contribution in [0.15, 0.2) is 83.3 Å². The van der Waals surface area contributed by atoms with Crippen molar-refractivity contribution in [2.45, 2.75) is 6.61 Å². The summed E-state index contributed by atoms with van der Waals surface area (Å²) in [6.07, 6.45) is 0. The molecule has 0 amide bonds. The lowest BCUT2D eigenvalue weighted by molar-refractivity contribution is 0.308. The first-order valence-corrected chi connectivity index (χ1v) is 11.1. The van der Waals surface area contributed by atoms with E-state index in [0.717, 1.165) is 32.9 Å². The second-order valence-corrected chi connectivity index (χ2v) is 8.63. The van der Waals surface area contributed by atoms with Gasteiger partial charge < -0.3 is 9.15 Å². The largest absolute Gasteiger partial charge is 0.486 e. The number of rotatable bonds is 5. The predicted octanol–water partition coefficient (Wildman–Crippen LogP) is 6.50. The number of halogens is 1. The van der Waals surface area contributed by atoms with Crippen molar-refractivity contribution in [2.75, 3.05) is 0 Å². The maximum atomic E-state index is 6.07. The second kappa shape index (κ2) is 7.78. The third-order valence-corrected chi connectivity index (χ3v) is 6.21. The molecule has 0 atom stereocenters. The fourth-order valence-corrected chi connectivity index (χ4v) is 4.43. The van der Waals surface area contributed by atoms with Gasteiger partial charge in [0.1, 0.15) is 18.1 Å². The summed E-state index contributed by atoms with van der Waals surface area (Å²) in [7, 11) is 0. The van der Waals surface area contributed by atoms with E-state index in [1.807, 2.05) is 60.7 Å². The average Bonchev–Trinajstić information content (AvgIpc) is 3.54. The van der Waals surface area contributed by atoms with Crippen molar-refractivity contribution < 1.29 is 9.15 Å². The van der Waals surface area contributed by atoms with Gasteiger partial charge in [-0.3, -0.25) is 0 Å². The summed E-state index contributed by atoms with van der Waals surface area (Å²) in [5.74, 6) is 2.69. The van der Waals surface area contributed by atoms with Gasteiger partial charge in [0.25, 0.3) is 0 Å². The molecule has 0 unspecified atom stereocenters. The summed E-state index contributed by atoms with van der Waals surface area (Å²) in [6.45, 7) is 0.343. The van der Waals surface area contributed by atoms with Gasteiger partial charge in [-0.25, -0.2) is 0 Å². The van der Waals surface area contributed by atoms with Crippen molar-refractivity contribution in [1.29, 1.82) is 0 Å². The Labute approximate surface area is 191 Å². The molecule has 0 radical (unpaired) electrons. The van der Waals surface area contributed by atoms with E-state index in [0.29, 0.717) is 28.2 Å². The minimum absolute atomic E-state index is 0.343. The molecule has 0 N–H and O–H groups in total. The number of benzene rings is 3. The van der Waals surface area contributed by atoms with E-state index < -0.39 is 0 Å². The first kappa shape index (κ1) is 19.0. The molecule has 6 aromatic rings. The van der Waals surface area contributed by atoms with Crippen LogP contribution in [-0.2, 0) is 6.61 Å². The Morgan fingerprint density at radius 1 is 0.875 bits per heavy atom. The maximum absolute atomic E-state index is 6.07. The molecule has 3 heterocycles. The van der Waals surface area contributed by atoms with Gasteiger partial charge in [0.05, 0.1) is 0 Å². The molecule has 0 saturated heterocycles. The molecule has 3 aromatic heterocycles. The Morgan fingerprint density at radius 2 is 1.69 bits per heavy atom. The van der Waals surface area contributed by atoms with Crippen LogP contribution in [0, 0.1) is 0 Å². The van der Waals surface area contributed by atoms with Gasteiger partial charge in [-0.2, -0.15) is 9.61 Å². The highest BCUT2D eigenvalue weighted by Crippen LogP contribution is 2.30. The molecule has 32 heavy (non-hydrogen) atoms. The Bertz CT molecular complexity index is 1550. The van der Waals surface area contributed by atoms with Crippen LogP contribution < -0.4 is 4.74 Å². The van der Waals surface area contributed by atoms with E-state index >= 15 is 0 Å². The highest BCUT2D eigenvalue weighted by Gasteiger charge is 2.17. The smallest absolute Gasteiger partial charge is 0.235 e. The van der Waals surface area contributed by atoms with Crippen LogP contribution in [0.25, 0.3) is 38.6 Å². The minimum atomic E-state index is 0.343. The number of hydrogen-bond acceptors (Lipinski definition) is 6. The molecule has 8 heteroatoms. The van der Waals surface area contributed by atoms with Crippen molar-refractivity contribution in [2.24, 2.45) is 0 Å². The zero-order chi connectivity index (χ0) is 21.5. The molecule has 156 valence electrons. The molecule has 0 aliphatic heterocycles. The van der Waals surface area contributed by atoms with Crippen molar-refractivity contribution in [3.05, 3.63) is 88.9 Å². The number of nitrogens with zero attached hydrogens (tertiary/aromatic N) is 4. The van der Waals surface area contributed by atoms with Crippen LogP contribution in [0.1, 0.15) is 5.01 Å². The van der Waals surface area contributed by atoms with Crippen molar-refractivity contribution in [1.82, 2.24) is 19.8 Å². The molecule has 0 aliphatic carbocycles. The van der Waals surface area contributed by atoms with E-state index in [4.69, 9.17) is 20.8 Å². The van der Waals surface area contributed by atoms with Gasteiger partial charge in [-0.1, -0.05) is 59.3 Å². The number of furan rings is 1. The van der Waals surface area contributed by atoms with Crippen LogP contribution in [0.2, 0.25) is 5.02 Å². The molecule has 0 fully saturated rings. The molecular formula is C24H15ClN4O2S. The second-order valence-electron chi connectivity index (χ2n) is 7.15. The van der Waals surface area contributed by atoms with Crippen LogP contribution >= 0.6 is 22.9 Å². The molecule has 0 spiro atoms. The van der Waals surface area contributed by atoms with Gasteiger partial charge in [0, 0.05) is 16.0 Å². The van der Waals surface area contributed by atoms with Crippen molar-refractivity contribution in [3.8, 4) is 28.7 Å². The minimum Gasteiger partial charge on any atom is -0.486 e. The van der Waals surface area contributed by atoms with Crippen LogP contribution in [0.3, 0.4) is 0 Å². The topological polar surface area (TPSA) is 65.5 Å². The summed E-state index contributed by atoms with van der Waals surface area (Å²) in [5, 5.41) is 16.8. The van der Waals surface area contributed by atoms with E-state index in [-0.39, 0.29) is 0 Å². The Hall–Kier alpha value is -3.68. The van der Waals surface area contributed by atoms with Gasteiger partial charge in [-0.15, -0.1) is 10.2 Å². The zero-order valence-corrected chi connectivity index (χ0v) is 18.2. The molecular weight excluding hydrogens is 444 g/mol. The monoisotopic (exact) mass is 458 g/mol. The number of hydrogen-bond donors (Lipinski definition) is 0. The van der Waals surface area contributed by atoms with Crippen molar-refractivity contribution in [3.63, 3.8) is 0 Å². The lowest BCUT2D eigenvalue weighted by Crippen LogP contribution is -1.97. The molecule has 0 saturated carbocycles. The lowest BCUT2D eigenvalue weighted by atomic mass is 10.1. The zero-order valence-electron chi connectivity index (χ0n) is 16.6. The average molecular weight is 459 g/mol. The van der Waals surface area contributed by atoms with Crippen molar-refractivity contribution >= 4 is 38.7 Å². The summed E-state index contributed by atoms with van der Waals surface area (Å²) in [5.41, 5.74) is 0.934. The third-order valence-electron chi connectivity index (χ3n) is 5.09. The standard InChI is InChI=1S/C24H15ClN4O2S/c25-17-10-8-16(9-11-17)19-12-13-21(31-19)23-26-27-24-29(23)28-22(32-24)14-30-20-7-3-5-15-4-1-2-6-18(15)20/h1-13H,14H2. The number of fused-ring (bicyclic) bond motifs is 2. The highest BCUT2D eigenvalue weighted by atomic mass is 35.5. The normalized spacial score (nSPS) is 11.4.